The van der Waals surface area contributed by atoms with Crippen LogP contribution in [-0.4, -0.2) is 44.6 Å². The third-order valence-electron chi connectivity index (χ3n) is 3.46. The first kappa shape index (κ1) is 17.6. The number of hydrogen-bond donors (Lipinski definition) is 2. The van der Waals surface area contributed by atoms with Gasteiger partial charge >= 0.3 is 5.97 Å². The normalized spacial score (nSPS) is 13.9. The van der Waals surface area contributed by atoms with E-state index < -0.39 is 17.2 Å². The number of ether oxygens (including phenoxy) is 2. The molecule has 3 N–H and O–H groups in total. The van der Waals surface area contributed by atoms with Crippen LogP contribution in [0.4, 0.5) is 4.39 Å². The van der Waals surface area contributed by atoms with Gasteiger partial charge in [0.15, 0.2) is 0 Å². The molecule has 0 saturated heterocycles. The molecule has 0 bridgehead atoms. The summed E-state index contributed by atoms with van der Waals surface area (Å²) in [4.78, 5) is 11.7. The first-order valence-electron chi connectivity index (χ1n) is 6.83. The van der Waals surface area contributed by atoms with Crippen LogP contribution in [0.25, 0.3) is 0 Å². The third kappa shape index (κ3) is 4.77. The van der Waals surface area contributed by atoms with E-state index in [1.54, 1.807) is 7.11 Å². The van der Waals surface area contributed by atoms with Gasteiger partial charge in [-0.15, -0.1) is 0 Å². The van der Waals surface area contributed by atoms with Crippen LogP contribution < -0.4 is 5.73 Å². The van der Waals surface area contributed by atoms with Gasteiger partial charge in [0.1, 0.15) is 11.2 Å². The molecule has 0 radical (unpaired) electrons. The molecule has 21 heavy (non-hydrogen) atoms. The number of carbonyl (C=O) groups is 1. The summed E-state index contributed by atoms with van der Waals surface area (Å²) < 4.78 is 23.3. The Morgan fingerprint density at radius 1 is 1.29 bits per heavy atom. The number of hydrogen-bond acceptors (Lipinski definition) is 4. The Bertz CT molecular complexity index is 438. The summed E-state index contributed by atoms with van der Waals surface area (Å²) in [6.45, 7) is 1.29. The van der Waals surface area contributed by atoms with Crippen molar-refractivity contribution in [2.75, 3.05) is 33.5 Å². The molecule has 0 amide bonds. The average Bonchev–Trinajstić information content (AvgIpc) is 2.48. The Labute approximate surface area is 123 Å². The highest BCUT2D eigenvalue weighted by molar-refractivity contribution is 5.81. The van der Waals surface area contributed by atoms with Crippen LogP contribution in [0.5, 0.6) is 0 Å². The Morgan fingerprint density at radius 2 is 1.95 bits per heavy atom. The van der Waals surface area contributed by atoms with E-state index >= 15 is 0 Å². The van der Waals surface area contributed by atoms with E-state index in [0.717, 1.165) is 6.42 Å². The summed E-state index contributed by atoms with van der Waals surface area (Å²) in [7, 11) is 1.61. The lowest BCUT2D eigenvalue weighted by molar-refractivity contribution is -0.144. The first-order valence-corrected chi connectivity index (χ1v) is 6.83. The van der Waals surface area contributed by atoms with Crippen molar-refractivity contribution in [1.82, 2.24) is 0 Å². The summed E-state index contributed by atoms with van der Waals surface area (Å²) in [6, 6.07) is 5.40. The minimum absolute atomic E-state index is 0.0740. The Balaban J connectivity index is 2.71. The molecule has 1 rings (SSSR count). The lowest BCUT2D eigenvalue weighted by atomic mass is 9.78. The largest absolute Gasteiger partial charge is 0.481 e. The van der Waals surface area contributed by atoms with E-state index in [0.29, 0.717) is 18.8 Å². The van der Waals surface area contributed by atoms with Crippen molar-refractivity contribution in [2.24, 2.45) is 5.73 Å². The molecule has 0 fully saturated rings. The second kappa shape index (κ2) is 8.71. The number of rotatable bonds is 10. The molecule has 1 aromatic rings. The minimum atomic E-state index is -1.26. The Hall–Kier alpha value is -1.50. The van der Waals surface area contributed by atoms with Crippen molar-refractivity contribution in [3.63, 3.8) is 0 Å². The molecule has 0 aliphatic rings. The van der Waals surface area contributed by atoms with E-state index in [2.05, 4.69) is 0 Å². The van der Waals surface area contributed by atoms with Crippen LogP contribution >= 0.6 is 0 Å². The maximum Gasteiger partial charge on any atom is 0.315 e. The van der Waals surface area contributed by atoms with Gasteiger partial charge in [-0.2, -0.15) is 0 Å². The fourth-order valence-electron chi connectivity index (χ4n) is 2.10. The molecule has 0 aromatic heterocycles. The van der Waals surface area contributed by atoms with E-state index in [-0.39, 0.29) is 19.6 Å². The van der Waals surface area contributed by atoms with E-state index in [4.69, 9.17) is 15.2 Å². The average molecular weight is 299 g/mol. The predicted molar refractivity (Wildman–Crippen MR) is 76.7 cm³/mol. The molecule has 0 heterocycles. The summed E-state index contributed by atoms with van der Waals surface area (Å²) in [5, 5.41) is 9.54. The molecule has 5 nitrogen and oxygen atoms in total. The van der Waals surface area contributed by atoms with Gasteiger partial charge in [0.2, 0.25) is 0 Å². The SMILES string of the molecule is COCCCOCCC(CN)(C(=O)O)c1ccc(F)cc1. The standard InChI is InChI=1S/C15H22FNO4/c1-20-8-2-9-21-10-7-15(11-17,14(18)19)12-3-5-13(16)6-4-12/h3-6H,2,7-11,17H2,1H3,(H,18,19). The predicted octanol–water partition coefficient (Wildman–Crippen LogP) is 1.55. The number of benzene rings is 1. The molecule has 0 aliphatic carbocycles. The lowest BCUT2D eigenvalue weighted by Gasteiger charge is -2.28. The lowest BCUT2D eigenvalue weighted by Crippen LogP contribution is -2.44. The molecule has 1 atom stereocenters. The van der Waals surface area contributed by atoms with Gasteiger partial charge in [0, 0.05) is 33.5 Å². The topological polar surface area (TPSA) is 81.8 Å². The van der Waals surface area contributed by atoms with Crippen molar-refractivity contribution >= 4 is 5.97 Å². The first-order chi connectivity index (χ1) is 10.1. The van der Waals surface area contributed by atoms with Crippen LogP contribution in [0.2, 0.25) is 0 Å². The molecule has 6 heteroatoms. The number of aliphatic carboxylic acids is 1. The van der Waals surface area contributed by atoms with Gasteiger partial charge in [-0.05, 0) is 30.5 Å². The van der Waals surface area contributed by atoms with Crippen LogP contribution in [0.3, 0.4) is 0 Å². The Morgan fingerprint density at radius 3 is 2.48 bits per heavy atom. The monoisotopic (exact) mass is 299 g/mol. The molecular weight excluding hydrogens is 277 g/mol. The molecule has 0 aliphatic heterocycles. The van der Waals surface area contributed by atoms with Crippen molar-refractivity contribution in [1.29, 1.82) is 0 Å². The zero-order valence-corrected chi connectivity index (χ0v) is 12.2. The van der Waals surface area contributed by atoms with Crippen molar-refractivity contribution in [2.45, 2.75) is 18.3 Å². The number of methoxy groups -OCH3 is 1. The van der Waals surface area contributed by atoms with Crippen LogP contribution in [0, 0.1) is 5.82 Å². The summed E-state index contributed by atoms with van der Waals surface area (Å²) in [6.07, 6.45) is 0.979. The highest BCUT2D eigenvalue weighted by Crippen LogP contribution is 2.28. The summed E-state index contributed by atoms with van der Waals surface area (Å²) in [5.41, 5.74) is 4.92. The van der Waals surface area contributed by atoms with E-state index in [1.165, 1.54) is 24.3 Å². The number of halogens is 1. The number of carboxylic acid groups (broad SMARTS) is 1. The molecule has 1 unspecified atom stereocenters. The van der Waals surface area contributed by atoms with Gasteiger partial charge in [-0.25, -0.2) is 4.39 Å². The molecule has 118 valence electrons. The van der Waals surface area contributed by atoms with Gasteiger partial charge in [0.25, 0.3) is 0 Å². The maximum absolute atomic E-state index is 13.0. The quantitative estimate of drug-likeness (QED) is 0.641. The fourth-order valence-corrected chi connectivity index (χ4v) is 2.10. The van der Waals surface area contributed by atoms with E-state index in [9.17, 15) is 14.3 Å². The Kier molecular flexibility index (Phi) is 7.28. The molecule has 0 spiro atoms. The highest BCUT2D eigenvalue weighted by atomic mass is 19.1. The van der Waals surface area contributed by atoms with Gasteiger partial charge in [0.05, 0.1) is 0 Å². The fraction of sp³-hybridized carbons (Fsp3) is 0.533. The highest BCUT2D eigenvalue weighted by Gasteiger charge is 2.38. The van der Waals surface area contributed by atoms with Crippen molar-refractivity contribution < 1.29 is 23.8 Å². The maximum atomic E-state index is 13.0. The van der Waals surface area contributed by atoms with Crippen LogP contribution in [0.15, 0.2) is 24.3 Å². The molecular formula is C15H22FNO4. The van der Waals surface area contributed by atoms with Gasteiger partial charge < -0.3 is 20.3 Å². The van der Waals surface area contributed by atoms with Crippen LogP contribution in [0.1, 0.15) is 18.4 Å². The zero-order valence-electron chi connectivity index (χ0n) is 12.2. The van der Waals surface area contributed by atoms with Gasteiger partial charge in [-0.1, -0.05) is 12.1 Å². The smallest absolute Gasteiger partial charge is 0.315 e. The summed E-state index contributed by atoms with van der Waals surface area (Å²) in [5.74, 6) is -1.44. The second-order valence-corrected chi connectivity index (χ2v) is 4.81. The number of carboxylic acids is 1. The summed E-state index contributed by atoms with van der Waals surface area (Å²) >= 11 is 0. The second-order valence-electron chi connectivity index (χ2n) is 4.81. The van der Waals surface area contributed by atoms with Crippen molar-refractivity contribution in [3.8, 4) is 0 Å². The minimum Gasteiger partial charge on any atom is -0.481 e. The van der Waals surface area contributed by atoms with Crippen LogP contribution in [-0.2, 0) is 19.7 Å². The van der Waals surface area contributed by atoms with Gasteiger partial charge in [-0.3, -0.25) is 4.79 Å². The molecule has 1 aromatic carbocycles. The third-order valence-corrected chi connectivity index (χ3v) is 3.46. The zero-order chi connectivity index (χ0) is 15.7. The van der Waals surface area contributed by atoms with E-state index in [1.807, 2.05) is 0 Å². The molecule has 0 saturated carbocycles. The van der Waals surface area contributed by atoms with Crippen molar-refractivity contribution in [3.05, 3.63) is 35.6 Å². The number of nitrogens with two attached hydrogens (primary N) is 1.